The monoisotopic (exact) mass is 377 g/mol. The van der Waals surface area contributed by atoms with Crippen LogP contribution in [0.25, 0.3) is 0 Å². The summed E-state index contributed by atoms with van der Waals surface area (Å²) in [7, 11) is 1.66. The summed E-state index contributed by atoms with van der Waals surface area (Å²) in [5.41, 5.74) is 3.72. The van der Waals surface area contributed by atoms with Gasteiger partial charge >= 0.3 is 5.97 Å². The van der Waals surface area contributed by atoms with Crippen molar-refractivity contribution in [1.29, 1.82) is 0 Å². The first-order valence-electron chi connectivity index (χ1n) is 9.73. The number of carboxylic acids is 1. The van der Waals surface area contributed by atoms with Crippen molar-refractivity contribution >= 4 is 11.8 Å². The normalized spacial score (nSPS) is 34.1. The molecule has 6 heteroatoms. The Morgan fingerprint density at radius 1 is 1.37 bits per heavy atom. The molecule has 0 spiro atoms. The molecule has 3 atom stereocenters. The molecular formula is C21H31NO5. The molecule has 0 aromatic carbocycles. The topological polar surface area (TPSA) is 76.1 Å². The van der Waals surface area contributed by atoms with E-state index in [1.54, 1.807) is 7.11 Å². The first kappa shape index (κ1) is 20.2. The third kappa shape index (κ3) is 4.03. The number of methoxy groups -OCH3 is 1. The Morgan fingerprint density at radius 2 is 2.11 bits per heavy atom. The summed E-state index contributed by atoms with van der Waals surface area (Å²) >= 11 is 0. The maximum atomic E-state index is 12.6. The quantitative estimate of drug-likeness (QED) is 0.762. The van der Waals surface area contributed by atoms with Crippen molar-refractivity contribution in [2.75, 3.05) is 33.5 Å². The Bertz CT molecular complexity index is 665. The minimum atomic E-state index is -1.01. The van der Waals surface area contributed by atoms with Crippen molar-refractivity contribution in [3.05, 3.63) is 22.8 Å². The van der Waals surface area contributed by atoms with Crippen LogP contribution in [0.5, 0.6) is 0 Å². The first-order valence-corrected chi connectivity index (χ1v) is 9.73. The molecule has 3 aliphatic rings. The zero-order chi connectivity index (χ0) is 19.8. The lowest BCUT2D eigenvalue weighted by molar-refractivity contribution is -0.151. The number of aliphatic carboxylic acids is 1. The number of ketones is 1. The Morgan fingerprint density at radius 3 is 2.67 bits per heavy atom. The van der Waals surface area contributed by atoms with Crippen LogP contribution in [-0.2, 0) is 19.1 Å². The molecule has 0 aliphatic carbocycles. The highest BCUT2D eigenvalue weighted by Crippen LogP contribution is 2.45. The van der Waals surface area contributed by atoms with Gasteiger partial charge < -0.3 is 14.6 Å². The van der Waals surface area contributed by atoms with E-state index in [1.165, 1.54) is 11.1 Å². The van der Waals surface area contributed by atoms with Crippen LogP contribution in [0.4, 0.5) is 0 Å². The van der Waals surface area contributed by atoms with Gasteiger partial charge in [-0.05, 0) is 35.0 Å². The van der Waals surface area contributed by atoms with E-state index >= 15 is 0 Å². The molecule has 3 rings (SSSR count). The van der Waals surface area contributed by atoms with Crippen molar-refractivity contribution in [1.82, 2.24) is 4.90 Å². The van der Waals surface area contributed by atoms with Crippen LogP contribution in [0, 0.1) is 11.3 Å². The maximum absolute atomic E-state index is 12.6. The fraction of sp³-hybridized carbons (Fsp3) is 0.714. The van der Waals surface area contributed by atoms with E-state index < -0.39 is 11.9 Å². The second-order valence-corrected chi connectivity index (χ2v) is 8.86. The van der Waals surface area contributed by atoms with Gasteiger partial charge in [0.2, 0.25) is 0 Å². The molecule has 3 heterocycles. The number of nitrogens with zero attached hydrogens (tertiary/aromatic N) is 1. The Hall–Kier alpha value is -1.50. The molecule has 3 fully saturated rings. The van der Waals surface area contributed by atoms with Gasteiger partial charge in [-0.3, -0.25) is 14.5 Å². The molecule has 0 aromatic heterocycles. The number of rotatable bonds is 3. The average molecular weight is 377 g/mol. The number of carbonyl (C=O) groups is 2. The Kier molecular flexibility index (Phi) is 5.89. The van der Waals surface area contributed by atoms with Crippen molar-refractivity contribution in [3.63, 3.8) is 0 Å². The summed E-state index contributed by atoms with van der Waals surface area (Å²) in [4.78, 5) is 26.5. The molecule has 2 unspecified atom stereocenters. The second-order valence-electron chi connectivity index (χ2n) is 8.86. The Labute approximate surface area is 161 Å². The Balaban J connectivity index is 2.06. The molecular weight excluding hydrogens is 346 g/mol. The van der Waals surface area contributed by atoms with E-state index in [1.807, 2.05) is 0 Å². The zero-order valence-electron chi connectivity index (χ0n) is 16.8. The molecule has 150 valence electrons. The van der Waals surface area contributed by atoms with Gasteiger partial charge in [-0.25, -0.2) is 0 Å². The first-order chi connectivity index (χ1) is 12.7. The predicted octanol–water partition coefficient (Wildman–Crippen LogP) is 2.44. The number of carboxylic acid groups (broad SMARTS) is 1. The van der Waals surface area contributed by atoms with E-state index in [0.717, 1.165) is 25.0 Å². The molecule has 0 amide bonds. The second kappa shape index (κ2) is 7.86. The SMILES string of the molecule is COCC=C1/C(=C2/CCOC2)C[C@H](C(C)(C)C)N2CC(C(=O)O)C(=O)CC12. The summed E-state index contributed by atoms with van der Waals surface area (Å²) in [6, 6.07) is 0.101. The zero-order valence-corrected chi connectivity index (χ0v) is 16.8. The minimum Gasteiger partial charge on any atom is -0.481 e. The van der Waals surface area contributed by atoms with Crippen LogP contribution in [-0.4, -0.2) is 67.3 Å². The molecule has 0 saturated carbocycles. The van der Waals surface area contributed by atoms with Gasteiger partial charge in [-0.1, -0.05) is 26.8 Å². The highest BCUT2D eigenvalue weighted by Gasteiger charge is 2.48. The van der Waals surface area contributed by atoms with E-state index in [9.17, 15) is 14.7 Å². The van der Waals surface area contributed by atoms with Crippen LogP contribution in [0.3, 0.4) is 0 Å². The predicted molar refractivity (Wildman–Crippen MR) is 102 cm³/mol. The average Bonchev–Trinajstić information content (AvgIpc) is 3.11. The van der Waals surface area contributed by atoms with Gasteiger partial charge in [0.15, 0.2) is 0 Å². The third-order valence-corrected chi connectivity index (χ3v) is 6.10. The standard InChI is InChI=1S/C21H31NO5/c1-21(2,3)19-9-15(13-5-8-27-12-13)14(6-7-26-4)17-10-18(23)16(20(24)25)11-22(17)19/h6,16-17,19H,5,7-12H2,1-4H3,(H,24,25)/b14-6?,15-13-/t16?,17?,19-/m1/s1. The summed E-state index contributed by atoms with van der Waals surface area (Å²) in [5.74, 6) is -2.12. The molecule has 6 nitrogen and oxygen atoms in total. The number of Topliss-reactive ketones (excluding diaryl/α,β-unsaturated/α-hetero) is 1. The largest absolute Gasteiger partial charge is 0.481 e. The number of hydrogen-bond donors (Lipinski definition) is 1. The number of hydrogen-bond acceptors (Lipinski definition) is 5. The van der Waals surface area contributed by atoms with E-state index in [0.29, 0.717) is 13.2 Å². The van der Waals surface area contributed by atoms with Crippen LogP contribution < -0.4 is 0 Å². The number of ether oxygens (including phenoxy) is 2. The number of fused-ring (bicyclic) bond motifs is 1. The van der Waals surface area contributed by atoms with Crippen LogP contribution in [0.15, 0.2) is 22.8 Å². The smallest absolute Gasteiger partial charge is 0.315 e. The fourth-order valence-corrected chi connectivity index (χ4v) is 4.65. The van der Waals surface area contributed by atoms with Gasteiger partial charge in [-0.2, -0.15) is 0 Å². The lowest BCUT2D eigenvalue weighted by Gasteiger charge is -2.52. The van der Waals surface area contributed by atoms with Crippen LogP contribution >= 0.6 is 0 Å². The molecule has 0 aromatic rings. The maximum Gasteiger partial charge on any atom is 0.315 e. The van der Waals surface area contributed by atoms with E-state index in [-0.39, 0.29) is 36.2 Å². The lowest BCUT2D eigenvalue weighted by atomic mass is 9.70. The van der Waals surface area contributed by atoms with Crippen LogP contribution in [0.1, 0.15) is 40.0 Å². The number of carbonyl (C=O) groups excluding carboxylic acids is 1. The number of piperidine rings is 2. The molecule has 3 saturated heterocycles. The highest BCUT2D eigenvalue weighted by molar-refractivity contribution is 5.99. The molecule has 3 aliphatic heterocycles. The van der Waals surface area contributed by atoms with Gasteiger partial charge in [-0.15, -0.1) is 0 Å². The molecule has 0 bridgehead atoms. The van der Waals surface area contributed by atoms with Crippen LogP contribution in [0.2, 0.25) is 0 Å². The van der Waals surface area contributed by atoms with Gasteiger partial charge in [0.1, 0.15) is 11.7 Å². The minimum absolute atomic E-state index is 0.0280. The van der Waals surface area contributed by atoms with Crippen molar-refractivity contribution in [2.24, 2.45) is 11.3 Å². The van der Waals surface area contributed by atoms with Crippen molar-refractivity contribution in [2.45, 2.75) is 52.1 Å². The summed E-state index contributed by atoms with van der Waals surface area (Å²) in [5, 5.41) is 9.51. The molecule has 0 radical (unpaired) electrons. The van der Waals surface area contributed by atoms with E-state index in [2.05, 4.69) is 31.7 Å². The lowest BCUT2D eigenvalue weighted by Crippen LogP contribution is -2.60. The van der Waals surface area contributed by atoms with Crippen molar-refractivity contribution < 1.29 is 24.2 Å². The molecule has 1 N–H and O–H groups in total. The summed E-state index contributed by atoms with van der Waals surface area (Å²) in [6.45, 7) is 8.73. The molecule has 27 heavy (non-hydrogen) atoms. The van der Waals surface area contributed by atoms with Gasteiger partial charge in [0, 0.05) is 32.2 Å². The van der Waals surface area contributed by atoms with Gasteiger partial charge in [0.25, 0.3) is 0 Å². The highest BCUT2D eigenvalue weighted by atomic mass is 16.5. The summed E-state index contributed by atoms with van der Waals surface area (Å²) < 4.78 is 10.9. The third-order valence-electron chi connectivity index (χ3n) is 6.10. The van der Waals surface area contributed by atoms with E-state index in [4.69, 9.17) is 9.47 Å². The fourth-order valence-electron chi connectivity index (χ4n) is 4.65. The van der Waals surface area contributed by atoms with Gasteiger partial charge in [0.05, 0.1) is 19.8 Å². The summed E-state index contributed by atoms with van der Waals surface area (Å²) in [6.07, 6.45) is 4.10. The van der Waals surface area contributed by atoms with Crippen molar-refractivity contribution in [3.8, 4) is 0 Å².